The van der Waals surface area contributed by atoms with Gasteiger partial charge in [-0.3, -0.25) is 0 Å². The van der Waals surface area contributed by atoms with Crippen molar-refractivity contribution in [1.29, 1.82) is 0 Å². The van der Waals surface area contributed by atoms with Gasteiger partial charge in [-0.15, -0.1) is 0 Å². The fraction of sp³-hybridized carbons (Fsp3) is 0. The summed E-state index contributed by atoms with van der Waals surface area (Å²) in [6.45, 7) is 0. The van der Waals surface area contributed by atoms with Gasteiger partial charge in [0, 0.05) is 0 Å². The Morgan fingerprint density at radius 3 is 0.839 bits per heavy atom. The second-order valence-electron chi connectivity index (χ2n) is 3.15. The fourth-order valence-electron chi connectivity index (χ4n) is 0.794. The van der Waals surface area contributed by atoms with Crippen LogP contribution in [0.15, 0.2) is 0 Å². The molecule has 6 N–H and O–H groups in total. The fourth-order valence-corrected chi connectivity index (χ4v) is 0.794. The molecule has 0 aliphatic heterocycles. The summed E-state index contributed by atoms with van der Waals surface area (Å²) in [6.07, 6.45) is 0. The molecule has 25 heteroatoms. The molecule has 0 fully saturated rings. The molecule has 31 heavy (non-hydrogen) atoms. The van der Waals surface area contributed by atoms with Gasteiger partial charge < -0.3 is 42.2 Å². The van der Waals surface area contributed by atoms with E-state index in [1.54, 1.807) is 0 Å². The topological polar surface area (TPSA) is 315 Å². The van der Waals surface area contributed by atoms with Crippen LogP contribution in [-0.4, -0.2) is 31.1 Å². The summed E-state index contributed by atoms with van der Waals surface area (Å²) < 4.78 is 164. The van der Waals surface area contributed by atoms with Gasteiger partial charge in [-0.05, 0) is 13.7 Å². The molecule has 1 aromatic carbocycles. The summed E-state index contributed by atoms with van der Waals surface area (Å²) >= 11 is -15.1. The number of halogens is 9. The van der Waals surface area contributed by atoms with E-state index in [4.69, 9.17) is 51.3 Å². The molecule has 0 heterocycles. The van der Waals surface area contributed by atoms with Crippen LogP contribution in [0.4, 0.5) is 22.0 Å². The third kappa shape index (κ3) is 31.1. The zero-order chi connectivity index (χ0) is 26.1. The van der Waals surface area contributed by atoms with Crippen LogP contribution in [0.5, 0.6) is 5.75 Å². The van der Waals surface area contributed by atoms with E-state index in [-0.39, 0.29) is 0 Å². The zero-order valence-electron chi connectivity index (χ0n) is 13.3. The van der Waals surface area contributed by atoms with Crippen molar-refractivity contribution in [2.75, 3.05) is 0 Å². The number of rotatable bonds is 2. The highest BCUT2D eigenvalue weighted by Gasteiger charge is 2.29. The first-order valence-electron chi connectivity index (χ1n) is 5.31. The van der Waals surface area contributed by atoms with Crippen LogP contribution >= 0.6 is 0 Å². The van der Waals surface area contributed by atoms with Crippen LogP contribution in [-0.2, 0) is 0 Å². The first-order valence-corrected chi connectivity index (χ1v) is 16.2. The van der Waals surface area contributed by atoms with Crippen molar-refractivity contribution in [2.45, 2.75) is 0 Å². The maximum atomic E-state index is 12.7. The van der Waals surface area contributed by atoms with Gasteiger partial charge in [-0.25, -0.2) is 13.2 Å². The molecule has 0 radical (unpaired) electrons. The molecule has 0 unspecified atom stereocenters. The normalized spacial score (nSPS) is 9.65. The molecule has 15 nitrogen and oxygen atoms in total. The Bertz CT molecular complexity index is 523. The van der Waals surface area contributed by atoms with Crippen LogP contribution in [0.2, 0.25) is 0 Å². The zero-order valence-corrected chi connectivity index (χ0v) is 22.0. The second kappa shape index (κ2) is 22.9. The first kappa shape index (κ1) is 39.3. The molecule has 0 amide bonds. The predicted octanol–water partition coefficient (Wildman–Crippen LogP) is -23.0. The van der Waals surface area contributed by atoms with Crippen LogP contribution in [0.1, 0.15) is 0 Å². The van der Waals surface area contributed by atoms with Crippen molar-refractivity contribution in [3.05, 3.63) is 29.1 Å². The Morgan fingerprint density at radius 1 is 0.516 bits per heavy atom. The molecule has 0 bridgehead atoms. The van der Waals surface area contributed by atoms with Gasteiger partial charge in [0.25, 0.3) is 0 Å². The van der Waals surface area contributed by atoms with Crippen molar-refractivity contribution in [3.63, 3.8) is 0 Å². The summed E-state index contributed by atoms with van der Waals surface area (Å²) in [6, 6.07) is 0. The van der Waals surface area contributed by atoms with E-state index in [0.29, 0.717) is 0 Å². The third-order valence-electron chi connectivity index (χ3n) is 1.39. The second-order valence-corrected chi connectivity index (χ2v) is 7.74. The standard InChI is InChI=1S/C6H2BF5O3.4HIO3/c8-1-2(9)4(11)6(15-7(13)14)5(12)3(1)10;4*2-1(3)4/h13-14H;4*2H. The van der Waals surface area contributed by atoms with Crippen molar-refractivity contribution in [2.24, 2.45) is 0 Å². The molecule has 0 aromatic heterocycles. The Labute approximate surface area is 202 Å². The van der Waals surface area contributed by atoms with Crippen molar-refractivity contribution < 1.29 is 162 Å². The minimum Gasteiger partial charge on any atom is -0.507 e. The molecular formula is C6H6BF5I4O15. The Morgan fingerprint density at radius 2 is 0.677 bits per heavy atom. The lowest BCUT2D eigenvalue weighted by Crippen LogP contribution is -3.98. The van der Waals surface area contributed by atoms with Crippen molar-refractivity contribution >= 4 is 7.32 Å². The summed E-state index contributed by atoms with van der Waals surface area (Å²) in [5, 5.41) is 16.3. The van der Waals surface area contributed by atoms with Crippen molar-refractivity contribution in [3.8, 4) is 5.75 Å². The maximum Gasteiger partial charge on any atom is 0.707 e. The van der Waals surface area contributed by atoms with E-state index in [2.05, 4.69) is 4.65 Å². The Kier molecular flexibility index (Phi) is 29.0. The average molecular weight is 932 g/mol. The number of hydrogen-bond acceptors (Lipinski definition) is 15. The monoisotopic (exact) mass is 932 g/mol. The van der Waals surface area contributed by atoms with Gasteiger partial charge >= 0.3 is 91.6 Å². The van der Waals surface area contributed by atoms with Gasteiger partial charge in [0.2, 0.25) is 29.1 Å². The van der Waals surface area contributed by atoms with E-state index in [9.17, 15) is 22.0 Å². The van der Waals surface area contributed by atoms with E-state index in [0.717, 1.165) is 0 Å². The van der Waals surface area contributed by atoms with Gasteiger partial charge in [-0.2, -0.15) is 8.78 Å². The molecule has 0 aliphatic carbocycles. The smallest absolute Gasteiger partial charge is 0.507 e. The summed E-state index contributed by atoms with van der Waals surface area (Å²) in [4.78, 5) is 0. The lowest BCUT2D eigenvalue weighted by Gasteiger charge is -2.08. The average Bonchev–Trinajstić information content (AvgIpc) is 2.53. The molecule has 1 aromatic rings. The molecule has 0 aliphatic rings. The quantitative estimate of drug-likeness (QED) is 0.0528. The van der Waals surface area contributed by atoms with Crippen molar-refractivity contribution in [1.82, 2.24) is 0 Å². The molecular weight excluding hydrogens is 925 g/mol. The molecule has 0 saturated carbocycles. The highest BCUT2D eigenvalue weighted by Crippen LogP contribution is 2.28. The highest BCUT2D eigenvalue weighted by molar-refractivity contribution is 6.33. The summed E-state index contributed by atoms with van der Waals surface area (Å²) in [5.74, 6) is -13.1. The van der Waals surface area contributed by atoms with Gasteiger partial charge in [0.05, 0.1) is 0 Å². The van der Waals surface area contributed by atoms with E-state index in [1.807, 2.05) is 0 Å². The third-order valence-corrected chi connectivity index (χ3v) is 1.39. The summed E-state index contributed by atoms with van der Waals surface area (Å²) in [5.41, 5.74) is 0. The largest absolute Gasteiger partial charge is 0.707 e. The SMILES string of the molecule is OB(O)Oc1c(F)c(F)c(F)c(F)c1F.[O-][I+2]([O-])O.[O-][I+2]([O-])O.[O-][I+2]([O-])O.[O-][I+2]([O-])O. The Hall–Kier alpha value is 1.09. The van der Waals surface area contributed by atoms with Gasteiger partial charge in [0.1, 0.15) is 0 Å². The van der Waals surface area contributed by atoms with Crippen LogP contribution in [0, 0.1) is 29.1 Å². The minimum absolute atomic E-state index is 1.75. The molecule has 0 saturated heterocycles. The van der Waals surface area contributed by atoms with E-state index in [1.165, 1.54) is 0 Å². The Balaban J connectivity index is -0.000000187. The molecule has 0 spiro atoms. The minimum atomic E-state index is -3.76. The number of benzene rings is 1. The van der Waals surface area contributed by atoms with E-state index >= 15 is 0 Å². The van der Waals surface area contributed by atoms with E-state index < -0.39 is 126 Å². The van der Waals surface area contributed by atoms with Gasteiger partial charge in [-0.1, -0.05) is 0 Å². The first-order chi connectivity index (χ1) is 13.8. The lowest BCUT2D eigenvalue weighted by atomic mass is 10.2. The predicted molar refractivity (Wildman–Crippen MR) is 45.9 cm³/mol. The number of hydrogen-bond donors (Lipinski definition) is 6. The highest BCUT2D eigenvalue weighted by atomic mass is 127. The van der Waals surface area contributed by atoms with Crippen LogP contribution in [0.25, 0.3) is 0 Å². The van der Waals surface area contributed by atoms with Crippen LogP contribution < -0.4 is 116 Å². The molecule has 1 rings (SSSR count). The maximum absolute atomic E-state index is 12.7. The van der Waals surface area contributed by atoms with Gasteiger partial charge in [0.15, 0.2) is 5.75 Å². The van der Waals surface area contributed by atoms with Crippen LogP contribution in [0.3, 0.4) is 0 Å². The molecule has 0 atom stereocenters. The lowest BCUT2D eigenvalue weighted by molar-refractivity contribution is -1.63. The summed E-state index contributed by atoms with van der Waals surface area (Å²) in [7, 11) is -2.70. The molecule has 186 valence electrons.